The number of hydrogen-bond acceptors (Lipinski definition) is 2. The first-order valence-corrected chi connectivity index (χ1v) is 8.32. The molecule has 0 radical (unpaired) electrons. The van der Waals surface area contributed by atoms with Crippen LogP contribution < -0.4 is 5.32 Å². The first-order chi connectivity index (χ1) is 9.72. The number of likely N-dealkylation sites (tertiary alicyclic amines) is 1. The largest absolute Gasteiger partial charge is 0.310 e. The minimum Gasteiger partial charge on any atom is -0.310 e. The summed E-state index contributed by atoms with van der Waals surface area (Å²) < 4.78 is 0. The first-order valence-electron chi connectivity index (χ1n) is 7.94. The van der Waals surface area contributed by atoms with Gasteiger partial charge in [0.15, 0.2) is 0 Å². The number of hydrogen-bond donors (Lipinski definition) is 1. The highest BCUT2D eigenvalue weighted by Crippen LogP contribution is 2.26. The van der Waals surface area contributed by atoms with Gasteiger partial charge in [0.1, 0.15) is 0 Å². The summed E-state index contributed by atoms with van der Waals surface area (Å²) in [5.74, 6) is 0. The van der Waals surface area contributed by atoms with Crippen molar-refractivity contribution >= 4 is 11.6 Å². The minimum absolute atomic E-state index is 0.364. The Hall–Kier alpha value is -0.570. The molecule has 112 valence electrons. The van der Waals surface area contributed by atoms with Crippen molar-refractivity contribution in [1.82, 2.24) is 10.2 Å². The molecule has 0 aliphatic carbocycles. The Bertz CT molecular complexity index is 408. The maximum Gasteiger partial charge on any atom is 0.0453 e. The molecule has 0 aromatic heterocycles. The van der Waals surface area contributed by atoms with Gasteiger partial charge in [-0.25, -0.2) is 0 Å². The summed E-state index contributed by atoms with van der Waals surface area (Å²) in [5.41, 5.74) is 1.24. The Morgan fingerprint density at radius 3 is 2.85 bits per heavy atom. The molecule has 3 heteroatoms. The Balaban J connectivity index is 1.97. The third kappa shape index (κ3) is 4.21. The molecule has 1 heterocycles. The number of benzene rings is 1. The standard InChI is InChI=1S/C17H27ClN2/c1-3-19-17(15-9-4-5-10-16(15)18)11-13-20-12-7-6-8-14(20)2/h4-5,9-10,14,17,19H,3,6-8,11-13H2,1-2H3. The predicted octanol–water partition coefficient (Wildman–Crippen LogP) is 4.26. The van der Waals surface area contributed by atoms with Crippen LogP contribution in [-0.4, -0.2) is 30.6 Å². The molecule has 0 amide bonds. The molecule has 1 aromatic rings. The number of nitrogens with zero attached hydrogens (tertiary/aromatic N) is 1. The van der Waals surface area contributed by atoms with Gasteiger partial charge in [0, 0.05) is 23.7 Å². The lowest BCUT2D eigenvalue weighted by atomic mass is 10.00. The van der Waals surface area contributed by atoms with E-state index in [1.807, 2.05) is 12.1 Å². The molecule has 2 unspecified atom stereocenters. The molecule has 1 aliphatic heterocycles. The molecule has 1 fully saturated rings. The smallest absolute Gasteiger partial charge is 0.0453 e. The van der Waals surface area contributed by atoms with Gasteiger partial charge in [-0.2, -0.15) is 0 Å². The summed E-state index contributed by atoms with van der Waals surface area (Å²) in [6, 6.07) is 9.32. The fourth-order valence-electron chi connectivity index (χ4n) is 3.16. The molecule has 0 spiro atoms. The lowest BCUT2D eigenvalue weighted by Crippen LogP contribution is -2.39. The van der Waals surface area contributed by atoms with Crippen LogP contribution in [-0.2, 0) is 0 Å². The summed E-state index contributed by atoms with van der Waals surface area (Å²) in [5, 5.41) is 4.46. The molecule has 1 saturated heterocycles. The van der Waals surface area contributed by atoms with Crippen molar-refractivity contribution in [3.05, 3.63) is 34.9 Å². The molecular formula is C17H27ClN2. The average Bonchev–Trinajstić information content (AvgIpc) is 2.46. The Morgan fingerprint density at radius 1 is 1.35 bits per heavy atom. The van der Waals surface area contributed by atoms with E-state index in [0.29, 0.717) is 6.04 Å². The number of rotatable bonds is 6. The third-order valence-corrected chi connectivity index (χ3v) is 4.72. The van der Waals surface area contributed by atoms with E-state index in [2.05, 4.69) is 36.2 Å². The molecule has 1 aliphatic rings. The van der Waals surface area contributed by atoms with Crippen LogP contribution in [0.1, 0.15) is 51.1 Å². The molecule has 0 saturated carbocycles. The normalized spacial score (nSPS) is 21.9. The van der Waals surface area contributed by atoms with Crippen molar-refractivity contribution in [3.63, 3.8) is 0 Å². The molecule has 1 aromatic carbocycles. The van der Waals surface area contributed by atoms with Gasteiger partial charge in [0.25, 0.3) is 0 Å². The summed E-state index contributed by atoms with van der Waals surface area (Å²) in [7, 11) is 0. The highest BCUT2D eigenvalue weighted by atomic mass is 35.5. The van der Waals surface area contributed by atoms with Crippen molar-refractivity contribution in [3.8, 4) is 0 Å². The van der Waals surface area contributed by atoms with Gasteiger partial charge in [-0.15, -0.1) is 0 Å². The van der Waals surface area contributed by atoms with E-state index in [9.17, 15) is 0 Å². The van der Waals surface area contributed by atoms with Crippen LogP contribution in [0, 0.1) is 0 Å². The van der Waals surface area contributed by atoms with Crippen LogP contribution in [0.3, 0.4) is 0 Å². The molecule has 2 atom stereocenters. The van der Waals surface area contributed by atoms with Crippen LogP contribution >= 0.6 is 11.6 Å². The van der Waals surface area contributed by atoms with Crippen LogP contribution in [0.2, 0.25) is 5.02 Å². The predicted molar refractivity (Wildman–Crippen MR) is 87.4 cm³/mol. The quantitative estimate of drug-likeness (QED) is 0.843. The second-order valence-corrected chi connectivity index (χ2v) is 6.21. The van der Waals surface area contributed by atoms with Gasteiger partial charge in [0.05, 0.1) is 0 Å². The van der Waals surface area contributed by atoms with Crippen molar-refractivity contribution in [2.24, 2.45) is 0 Å². The third-order valence-electron chi connectivity index (χ3n) is 4.38. The maximum atomic E-state index is 6.35. The van der Waals surface area contributed by atoms with Gasteiger partial charge >= 0.3 is 0 Å². The lowest BCUT2D eigenvalue weighted by Gasteiger charge is -2.34. The molecule has 0 bridgehead atoms. The van der Waals surface area contributed by atoms with Gasteiger partial charge in [-0.05, 0) is 50.9 Å². The van der Waals surface area contributed by atoms with Crippen molar-refractivity contribution in [2.45, 2.75) is 51.6 Å². The molecule has 2 rings (SSSR count). The first kappa shape index (κ1) is 15.8. The second-order valence-electron chi connectivity index (χ2n) is 5.80. The highest BCUT2D eigenvalue weighted by Gasteiger charge is 2.20. The number of halogens is 1. The average molecular weight is 295 g/mol. The van der Waals surface area contributed by atoms with E-state index in [1.54, 1.807) is 0 Å². The highest BCUT2D eigenvalue weighted by molar-refractivity contribution is 6.31. The van der Waals surface area contributed by atoms with E-state index < -0.39 is 0 Å². The zero-order chi connectivity index (χ0) is 14.4. The van der Waals surface area contributed by atoms with Crippen molar-refractivity contribution in [2.75, 3.05) is 19.6 Å². The zero-order valence-electron chi connectivity index (χ0n) is 12.7. The monoisotopic (exact) mass is 294 g/mol. The molecule has 1 N–H and O–H groups in total. The summed E-state index contributed by atoms with van der Waals surface area (Å²) in [4.78, 5) is 2.63. The van der Waals surface area contributed by atoms with Crippen LogP contribution in [0.15, 0.2) is 24.3 Å². The van der Waals surface area contributed by atoms with Crippen LogP contribution in [0.25, 0.3) is 0 Å². The van der Waals surface area contributed by atoms with Crippen LogP contribution in [0.5, 0.6) is 0 Å². The molecule has 20 heavy (non-hydrogen) atoms. The van der Waals surface area contributed by atoms with Crippen molar-refractivity contribution < 1.29 is 0 Å². The van der Waals surface area contributed by atoms with E-state index in [-0.39, 0.29) is 0 Å². The van der Waals surface area contributed by atoms with Crippen LogP contribution in [0.4, 0.5) is 0 Å². The lowest BCUT2D eigenvalue weighted by molar-refractivity contribution is 0.153. The van der Waals surface area contributed by atoms with Gasteiger partial charge in [-0.3, -0.25) is 0 Å². The summed E-state index contributed by atoms with van der Waals surface area (Å²) >= 11 is 6.35. The zero-order valence-corrected chi connectivity index (χ0v) is 13.5. The van der Waals surface area contributed by atoms with Gasteiger partial charge in [0.2, 0.25) is 0 Å². The maximum absolute atomic E-state index is 6.35. The van der Waals surface area contributed by atoms with E-state index >= 15 is 0 Å². The minimum atomic E-state index is 0.364. The fraction of sp³-hybridized carbons (Fsp3) is 0.647. The number of nitrogens with one attached hydrogen (secondary N) is 1. The second kappa shape index (κ2) is 8.02. The topological polar surface area (TPSA) is 15.3 Å². The SMILES string of the molecule is CCNC(CCN1CCCCC1C)c1ccccc1Cl. The Morgan fingerprint density at radius 2 is 2.15 bits per heavy atom. The summed E-state index contributed by atoms with van der Waals surface area (Å²) in [6.07, 6.45) is 5.21. The van der Waals surface area contributed by atoms with Gasteiger partial charge < -0.3 is 10.2 Å². The van der Waals surface area contributed by atoms with E-state index in [4.69, 9.17) is 11.6 Å². The van der Waals surface area contributed by atoms with E-state index in [1.165, 1.54) is 31.4 Å². The van der Waals surface area contributed by atoms with Gasteiger partial charge in [-0.1, -0.05) is 43.1 Å². The Kier molecular flexibility index (Phi) is 6.34. The van der Waals surface area contributed by atoms with Crippen molar-refractivity contribution in [1.29, 1.82) is 0 Å². The van der Waals surface area contributed by atoms with E-state index in [0.717, 1.165) is 30.6 Å². The Labute approximate surface area is 128 Å². The number of piperidine rings is 1. The molecule has 2 nitrogen and oxygen atoms in total. The molecular weight excluding hydrogens is 268 g/mol. The summed E-state index contributed by atoms with van der Waals surface area (Å²) in [6.45, 7) is 7.91. The fourth-order valence-corrected chi connectivity index (χ4v) is 3.42.